The van der Waals surface area contributed by atoms with E-state index in [1.807, 2.05) is 0 Å². The number of ether oxygens (including phenoxy) is 1. The van der Waals surface area contributed by atoms with Gasteiger partial charge in [0, 0.05) is 17.3 Å². The van der Waals surface area contributed by atoms with E-state index in [-0.39, 0.29) is 22.9 Å². The van der Waals surface area contributed by atoms with E-state index in [2.05, 4.69) is 4.74 Å². The van der Waals surface area contributed by atoms with Crippen molar-refractivity contribution in [2.24, 2.45) is 0 Å². The zero-order valence-corrected chi connectivity index (χ0v) is 9.42. The van der Waals surface area contributed by atoms with Gasteiger partial charge >= 0.3 is 5.97 Å². The first kappa shape index (κ1) is 12.5. The third kappa shape index (κ3) is 2.97. The average Bonchev–Trinajstić information content (AvgIpc) is 2.24. The van der Waals surface area contributed by atoms with Crippen molar-refractivity contribution in [3.8, 4) is 0 Å². The number of benzene rings is 1. The van der Waals surface area contributed by atoms with Crippen LogP contribution in [0, 0.1) is 5.82 Å². The lowest BCUT2D eigenvalue weighted by Crippen LogP contribution is -2.00. The van der Waals surface area contributed by atoms with Gasteiger partial charge in [-0.25, -0.2) is 9.18 Å². The van der Waals surface area contributed by atoms with E-state index in [1.165, 1.54) is 18.2 Å². The first-order chi connectivity index (χ1) is 7.56. The molecule has 0 saturated carbocycles. The fourth-order valence-electron chi connectivity index (χ4n) is 1.09. The fourth-order valence-corrected chi connectivity index (χ4v) is 1.26. The van der Waals surface area contributed by atoms with Gasteiger partial charge in [0.15, 0.2) is 5.82 Å². The molecule has 0 atom stereocenters. The van der Waals surface area contributed by atoms with Crippen molar-refractivity contribution in [2.75, 3.05) is 12.3 Å². The predicted octanol–water partition coefficient (Wildman–Crippen LogP) is 2.64. The lowest BCUT2D eigenvalue weighted by atomic mass is 10.1. The van der Waals surface area contributed by atoms with Crippen LogP contribution in [0.1, 0.15) is 12.5 Å². The predicted molar refractivity (Wildman–Crippen MR) is 61.5 cm³/mol. The normalized spacial score (nSPS) is 10.7. The Bertz CT molecular complexity index is 432. The largest absolute Gasteiger partial charge is 0.463 e. The minimum Gasteiger partial charge on any atom is -0.463 e. The molecule has 0 aliphatic carbocycles. The number of halogens is 2. The maximum Gasteiger partial charge on any atom is 0.330 e. The number of hydrogen-bond donors (Lipinski definition) is 1. The third-order valence-electron chi connectivity index (χ3n) is 1.84. The number of esters is 1. The third-order valence-corrected chi connectivity index (χ3v) is 2.13. The van der Waals surface area contributed by atoms with Gasteiger partial charge in [-0.3, -0.25) is 0 Å². The van der Waals surface area contributed by atoms with Crippen molar-refractivity contribution >= 4 is 29.3 Å². The van der Waals surface area contributed by atoms with Gasteiger partial charge in [0.05, 0.1) is 11.6 Å². The summed E-state index contributed by atoms with van der Waals surface area (Å²) in [7, 11) is 0. The highest BCUT2D eigenvalue weighted by molar-refractivity contribution is 6.31. The first-order valence-corrected chi connectivity index (χ1v) is 5.02. The molecule has 0 radical (unpaired) electrons. The molecule has 0 bridgehead atoms. The minimum absolute atomic E-state index is 0.0438. The van der Waals surface area contributed by atoms with Gasteiger partial charge in [-0.2, -0.15) is 0 Å². The molecule has 0 spiro atoms. The van der Waals surface area contributed by atoms with Crippen molar-refractivity contribution in [1.82, 2.24) is 0 Å². The monoisotopic (exact) mass is 243 g/mol. The molecule has 5 heteroatoms. The molecule has 0 amide bonds. The van der Waals surface area contributed by atoms with E-state index in [9.17, 15) is 9.18 Å². The van der Waals surface area contributed by atoms with Gasteiger partial charge in [0.1, 0.15) is 0 Å². The van der Waals surface area contributed by atoms with Gasteiger partial charge in [-0.05, 0) is 25.1 Å². The maximum atomic E-state index is 13.5. The van der Waals surface area contributed by atoms with E-state index in [0.717, 1.165) is 6.08 Å². The number of anilines is 1. The molecule has 0 saturated heterocycles. The molecule has 1 aromatic carbocycles. The number of nitrogen functional groups attached to an aromatic ring is 1. The van der Waals surface area contributed by atoms with Gasteiger partial charge in [-0.1, -0.05) is 11.6 Å². The zero-order chi connectivity index (χ0) is 12.1. The second-order valence-electron chi connectivity index (χ2n) is 2.95. The molecule has 0 aliphatic heterocycles. The standard InChI is InChI=1S/C11H11ClFNO2/c1-2-16-10(15)6-3-7-9(14)5-4-8(12)11(7)13/h3-6H,2,14H2,1H3/b6-3+. The van der Waals surface area contributed by atoms with Crippen LogP contribution >= 0.6 is 11.6 Å². The highest BCUT2D eigenvalue weighted by atomic mass is 35.5. The quantitative estimate of drug-likeness (QED) is 0.504. The number of hydrogen-bond acceptors (Lipinski definition) is 3. The molecule has 0 aliphatic rings. The molecule has 1 rings (SSSR count). The maximum absolute atomic E-state index is 13.5. The molecule has 0 unspecified atom stereocenters. The number of carbonyl (C=O) groups is 1. The van der Waals surface area contributed by atoms with Gasteiger partial charge in [0.25, 0.3) is 0 Å². The zero-order valence-electron chi connectivity index (χ0n) is 8.67. The first-order valence-electron chi connectivity index (χ1n) is 4.64. The lowest BCUT2D eigenvalue weighted by Gasteiger charge is -2.03. The molecular weight excluding hydrogens is 233 g/mol. The van der Waals surface area contributed by atoms with Crippen LogP contribution in [0.15, 0.2) is 18.2 Å². The van der Waals surface area contributed by atoms with Crippen molar-refractivity contribution in [3.63, 3.8) is 0 Å². The average molecular weight is 244 g/mol. The van der Waals surface area contributed by atoms with Crippen LogP contribution in [0.25, 0.3) is 6.08 Å². The Morgan fingerprint density at radius 1 is 1.62 bits per heavy atom. The fraction of sp³-hybridized carbons (Fsp3) is 0.182. The SMILES string of the molecule is CCOC(=O)/C=C/c1c(N)ccc(Cl)c1F. The van der Waals surface area contributed by atoms with Crippen LogP contribution in [-0.2, 0) is 9.53 Å². The molecular formula is C11H11ClFNO2. The minimum atomic E-state index is -0.651. The van der Waals surface area contributed by atoms with Crippen molar-refractivity contribution < 1.29 is 13.9 Å². The molecule has 1 aromatic rings. The summed E-state index contributed by atoms with van der Waals surface area (Å²) in [5.74, 6) is -1.21. The van der Waals surface area contributed by atoms with Gasteiger partial charge < -0.3 is 10.5 Å². The van der Waals surface area contributed by atoms with Crippen LogP contribution in [0.4, 0.5) is 10.1 Å². The number of carbonyl (C=O) groups excluding carboxylic acids is 1. The lowest BCUT2D eigenvalue weighted by molar-refractivity contribution is -0.137. The van der Waals surface area contributed by atoms with E-state index in [1.54, 1.807) is 6.92 Å². The molecule has 0 heterocycles. The molecule has 0 aromatic heterocycles. The summed E-state index contributed by atoms with van der Waals surface area (Å²) in [5.41, 5.74) is 5.84. The van der Waals surface area contributed by atoms with E-state index >= 15 is 0 Å². The molecule has 86 valence electrons. The van der Waals surface area contributed by atoms with Crippen LogP contribution in [-0.4, -0.2) is 12.6 Å². The summed E-state index contributed by atoms with van der Waals surface area (Å²) >= 11 is 5.58. The second-order valence-corrected chi connectivity index (χ2v) is 3.36. The van der Waals surface area contributed by atoms with Gasteiger partial charge in [0.2, 0.25) is 0 Å². The Balaban J connectivity index is 2.97. The molecule has 2 N–H and O–H groups in total. The summed E-state index contributed by atoms with van der Waals surface area (Å²) in [6.45, 7) is 1.94. The highest BCUT2D eigenvalue weighted by Gasteiger charge is 2.08. The summed E-state index contributed by atoms with van der Waals surface area (Å²) in [4.78, 5) is 11.0. The van der Waals surface area contributed by atoms with E-state index in [0.29, 0.717) is 0 Å². The van der Waals surface area contributed by atoms with Crippen molar-refractivity contribution in [3.05, 3.63) is 34.6 Å². The summed E-state index contributed by atoms with van der Waals surface area (Å²) in [6.07, 6.45) is 2.35. The van der Waals surface area contributed by atoms with Crippen LogP contribution in [0.3, 0.4) is 0 Å². The van der Waals surface area contributed by atoms with Crippen LogP contribution in [0.5, 0.6) is 0 Å². The van der Waals surface area contributed by atoms with Crippen LogP contribution < -0.4 is 5.73 Å². The topological polar surface area (TPSA) is 52.3 Å². The number of nitrogens with two attached hydrogens (primary N) is 1. The summed E-state index contributed by atoms with van der Waals surface area (Å²) in [6, 6.07) is 2.82. The van der Waals surface area contributed by atoms with Crippen molar-refractivity contribution in [2.45, 2.75) is 6.92 Å². The second kappa shape index (κ2) is 5.51. The Hall–Kier alpha value is -1.55. The van der Waals surface area contributed by atoms with Crippen LogP contribution in [0.2, 0.25) is 5.02 Å². The molecule has 3 nitrogen and oxygen atoms in total. The highest BCUT2D eigenvalue weighted by Crippen LogP contribution is 2.24. The smallest absolute Gasteiger partial charge is 0.330 e. The van der Waals surface area contributed by atoms with E-state index < -0.39 is 11.8 Å². The Kier molecular flexibility index (Phi) is 4.31. The molecule has 16 heavy (non-hydrogen) atoms. The molecule has 0 fully saturated rings. The number of rotatable bonds is 3. The Morgan fingerprint density at radius 2 is 2.31 bits per heavy atom. The van der Waals surface area contributed by atoms with E-state index in [4.69, 9.17) is 17.3 Å². The Morgan fingerprint density at radius 3 is 2.94 bits per heavy atom. The van der Waals surface area contributed by atoms with Gasteiger partial charge in [-0.15, -0.1) is 0 Å². The Labute approximate surface area is 97.7 Å². The summed E-state index contributed by atoms with van der Waals surface area (Å²) < 4.78 is 18.1. The summed E-state index contributed by atoms with van der Waals surface area (Å²) in [5, 5.41) is -0.0438. The van der Waals surface area contributed by atoms with Crippen molar-refractivity contribution in [1.29, 1.82) is 0 Å².